The van der Waals surface area contributed by atoms with E-state index in [4.69, 9.17) is 0 Å². The molecule has 2 amide bonds. The third-order valence-corrected chi connectivity index (χ3v) is 4.74. The number of nitrogens with one attached hydrogen (secondary N) is 1. The van der Waals surface area contributed by atoms with Crippen LogP contribution in [0.4, 0.5) is 4.79 Å². The van der Waals surface area contributed by atoms with Crippen LogP contribution in [0.15, 0.2) is 0 Å². The summed E-state index contributed by atoms with van der Waals surface area (Å²) in [7, 11) is 0. The minimum Gasteiger partial charge on any atom is -0.481 e. The Morgan fingerprint density at radius 3 is 2.40 bits per heavy atom. The Balaban J connectivity index is 2.63. The lowest BCUT2D eigenvalue weighted by Gasteiger charge is -2.36. The molecule has 1 heterocycles. The number of likely N-dealkylation sites (tertiary alicyclic amines) is 1. The topological polar surface area (TPSA) is 69.6 Å². The fourth-order valence-electron chi connectivity index (χ4n) is 2.92. The minimum absolute atomic E-state index is 0.107. The number of nitrogens with zero attached hydrogens (tertiary/aromatic N) is 1. The summed E-state index contributed by atoms with van der Waals surface area (Å²) in [5.74, 6) is -0.825. The number of urea groups is 1. The third-order valence-electron chi connectivity index (χ3n) is 4.74. The molecule has 0 aliphatic carbocycles. The van der Waals surface area contributed by atoms with E-state index in [2.05, 4.69) is 12.2 Å². The predicted molar refractivity (Wildman–Crippen MR) is 78.7 cm³/mol. The Morgan fingerprint density at radius 2 is 1.90 bits per heavy atom. The number of aliphatic carboxylic acids is 1. The van der Waals surface area contributed by atoms with Crippen LogP contribution in [-0.4, -0.2) is 41.1 Å². The van der Waals surface area contributed by atoms with Crippen molar-refractivity contribution in [3.63, 3.8) is 0 Å². The first-order chi connectivity index (χ1) is 9.50. The number of rotatable bonds is 6. The van der Waals surface area contributed by atoms with Gasteiger partial charge in [-0.15, -0.1) is 0 Å². The molecule has 0 aromatic rings. The number of carbonyl (C=O) groups is 2. The van der Waals surface area contributed by atoms with Crippen LogP contribution in [0.2, 0.25) is 0 Å². The van der Waals surface area contributed by atoms with Crippen molar-refractivity contribution in [2.75, 3.05) is 13.1 Å². The number of hydrogen-bond donors (Lipinski definition) is 2. The van der Waals surface area contributed by atoms with Crippen molar-refractivity contribution < 1.29 is 14.7 Å². The van der Waals surface area contributed by atoms with Gasteiger partial charge in [-0.3, -0.25) is 4.79 Å². The molecule has 2 N–H and O–H groups in total. The molecule has 1 unspecified atom stereocenters. The zero-order valence-electron chi connectivity index (χ0n) is 12.9. The number of carbonyl (C=O) groups excluding carboxylic acids is 1. The summed E-state index contributed by atoms with van der Waals surface area (Å²) in [6.45, 7) is 6.80. The van der Waals surface area contributed by atoms with Crippen LogP contribution < -0.4 is 5.32 Å². The van der Waals surface area contributed by atoms with Crippen LogP contribution in [0.3, 0.4) is 0 Å². The molecule has 0 aromatic carbocycles. The summed E-state index contributed by atoms with van der Waals surface area (Å²) < 4.78 is 0. The van der Waals surface area contributed by atoms with Crippen LogP contribution in [0.5, 0.6) is 0 Å². The fourth-order valence-corrected chi connectivity index (χ4v) is 2.92. The molecule has 0 saturated carbocycles. The molecule has 1 aliphatic rings. The van der Waals surface area contributed by atoms with E-state index in [0.717, 1.165) is 25.8 Å². The molecule has 1 saturated heterocycles. The van der Waals surface area contributed by atoms with Gasteiger partial charge in [-0.2, -0.15) is 0 Å². The Bertz CT molecular complexity index is 340. The fraction of sp³-hybridized carbons (Fsp3) is 0.867. The van der Waals surface area contributed by atoms with Crippen LogP contribution in [-0.2, 0) is 4.79 Å². The standard InChI is InChI=1S/C15H28N2O3/c1-4-12-9-7-8-10-17(12)14(20)16-11-15(5-2,6-3)13(18)19/h12H,4-11H2,1-3H3,(H,16,20)(H,18,19). The summed E-state index contributed by atoms with van der Waals surface area (Å²) in [6.07, 6.45) is 5.27. The van der Waals surface area contributed by atoms with Gasteiger partial charge < -0.3 is 15.3 Å². The van der Waals surface area contributed by atoms with E-state index in [1.807, 2.05) is 18.7 Å². The first-order valence-corrected chi connectivity index (χ1v) is 7.78. The highest BCUT2D eigenvalue weighted by molar-refractivity contribution is 5.78. The van der Waals surface area contributed by atoms with Gasteiger partial charge in [-0.05, 0) is 38.5 Å². The maximum atomic E-state index is 12.3. The van der Waals surface area contributed by atoms with E-state index in [9.17, 15) is 14.7 Å². The van der Waals surface area contributed by atoms with Crippen LogP contribution in [0.1, 0.15) is 59.3 Å². The SMILES string of the molecule is CCC1CCCCN1C(=O)NCC(CC)(CC)C(=O)O. The number of hydrogen-bond acceptors (Lipinski definition) is 2. The van der Waals surface area contributed by atoms with Crippen molar-refractivity contribution in [1.29, 1.82) is 0 Å². The highest BCUT2D eigenvalue weighted by Gasteiger charge is 2.36. The van der Waals surface area contributed by atoms with Crippen molar-refractivity contribution in [2.45, 2.75) is 65.3 Å². The average molecular weight is 284 g/mol. The Hall–Kier alpha value is -1.26. The van der Waals surface area contributed by atoms with E-state index < -0.39 is 11.4 Å². The van der Waals surface area contributed by atoms with Gasteiger partial charge in [0.05, 0.1) is 5.41 Å². The number of piperidine rings is 1. The van der Waals surface area contributed by atoms with Crippen LogP contribution >= 0.6 is 0 Å². The normalized spacial score (nSPS) is 19.8. The summed E-state index contributed by atoms with van der Waals surface area (Å²) in [4.78, 5) is 25.6. The Kier molecular flexibility index (Phi) is 6.30. The smallest absolute Gasteiger partial charge is 0.317 e. The lowest BCUT2D eigenvalue weighted by Crippen LogP contribution is -2.51. The number of amides is 2. The molecular formula is C15H28N2O3. The molecule has 5 nitrogen and oxygen atoms in total. The summed E-state index contributed by atoms with van der Waals surface area (Å²) >= 11 is 0. The van der Waals surface area contributed by atoms with Crippen molar-refractivity contribution >= 4 is 12.0 Å². The lowest BCUT2D eigenvalue weighted by molar-refractivity contribution is -0.149. The average Bonchev–Trinajstić information content (AvgIpc) is 2.48. The van der Waals surface area contributed by atoms with Crippen LogP contribution in [0, 0.1) is 5.41 Å². The molecule has 0 radical (unpaired) electrons. The summed E-state index contributed by atoms with van der Waals surface area (Å²) in [6, 6.07) is 0.190. The van der Waals surface area contributed by atoms with Gasteiger partial charge in [0.1, 0.15) is 0 Å². The van der Waals surface area contributed by atoms with Gasteiger partial charge in [0.15, 0.2) is 0 Å². The largest absolute Gasteiger partial charge is 0.481 e. The molecule has 0 bridgehead atoms. The van der Waals surface area contributed by atoms with E-state index >= 15 is 0 Å². The van der Waals surface area contributed by atoms with Crippen molar-refractivity contribution in [2.24, 2.45) is 5.41 Å². The van der Waals surface area contributed by atoms with E-state index in [1.54, 1.807) is 0 Å². The molecule has 0 aromatic heterocycles. The molecule has 1 aliphatic heterocycles. The van der Waals surface area contributed by atoms with Gasteiger partial charge in [0.25, 0.3) is 0 Å². The molecular weight excluding hydrogens is 256 g/mol. The maximum absolute atomic E-state index is 12.3. The Labute approximate surface area is 121 Å². The monoisotopic (exact) mass is 284 g/mol. The second kappa shape index (κ2) is 7.50. The molecule has 20 heavy (non-hydrogen) atoms. The van der Waals surface area contributed by atoms with Gasteiger partial charge >= 0.3 is 12.0 Å². The van der Waals surface area contributed by atoms with Gasteiger partial charge in [0.2, 0.25) is 0 Å². The van der Waals surface area contributed by atoms with Crippen molar-refractivity contribution in [3.05, 3.63) is 0 Å². The molecule has 1 fully saturated rings. The number of carboxylic acid groups (broad SMARTS) is 1. The molecule has 5 heteroatoms. The molecule has 116 valence electrons. The Morgan fingerprint density at radius 1 is 1.25 bits per heavy atom. The lowest BCUT2D eigenvalue weighted by atomic mass is 9.82. The summed E-state index contributed by atoms with van der Waals surface area (Å²) in [5, 5.41) is 12.2. The van der Waals surface area contributed by atoms with Gasteiger partial charge in [-0.25, -0.2) is 4.79 Å². The molecule has 1 atom stereocenters. The maximum Gasteiger partial charge on any atom is 0.317 e. The third kappa shape index (κ3) is 3.64. The highest BCUT2D eigenvalue weighted by Crippen LogP contribution is 2.26. The quantitative estimate of drug-likeness (QED) is 0.788. The van der Waals surface area contributed by atoms with E-state index in [-0.39, 0.29) is 12.6 Å². The minimum atomic E-state index is -0.840. The van der Waals surface area contributed by atoms with Crippen molar-refractivity contribution in [1.82, 2.24) is 10.2 Å². The van der Waals surface area contributed by atoms with E-state index in [1.165, 1.54) is 6.42 Å². The first-order valence-electron chi connectivity index (χ1n) is 7.78. The van der Waals surface area contributed by atoms with Crippen LogP contribution in [0.25, 0.3) is 0 Å². The predicted octanol–water partition coefficient (Wildman–Crippen LogP) is 2.85. The molecule has 1 rings (SSSR count). The number of carboxylic acids is 1. The second-order valence-electron chi connectivity index (χ2n) is 5.70. The van der Waals surface area contributed by atoms with Gasteiger partial charge in [-0.1, -0.05) is 20.8 Å². The van der Waals surface area contributed by atoms with Gasteiger partial charge in [0, 0.05) is 19.1 Å². The summed E-state index contributed by atoms with van der Waals surface area (Å²) in [5.41, 5.74) is -0.840. The zero-order valence-corrected chi connectivity index (χ0v) is 12.9. The zero-order chi connectivity index (χ0) is 15.2. The van der Waals surface area contributed by atoms with Crippen molar-refractivity contribution in [3.8, 4) is 0 Å². The highest BCUT2D eigenvalue weighted by atomic mass is 16.4. The molecule has 0 spiro atoms. The first kappa shape index (κ1) is 16.8. The van der Waals surface area contributed by atoms with E-state index in [0.29, 0.717) is 18.9 Å². The second-order valence-corrected chi connectivity index (χ2v) is 5.70.